The van der Waals surface area contributed by atoms with E-state index in [2.05, 4.69) is 0 Å². The first-order valence-corrected chi connectivity index (χ1v) is 5.92. The van der Waals surface area contributed by atoms with Gasteiger partial charge in [-0.1, -0.05) is 12.8 Å². The van der Waals surface area contributed by atoms with Crippen molar-refractivity contribution in [1.29, 1.82) is 0 Å². The van der Waals surface area contributed by atoms with Gasteiger partial charge in [-0.3, -0.25) is 4.90 Å². The van der Waals surface area contributed by atoms with Gasteiger partial charge in [0.25, 0.3) is 0 Å². The number of hydrogen-bond acceptors (Lipinski definition) is 7. The van der Waals surface area contributed by atoms with E-state index in [4.69, 9.17) is 11.5 Å². The van der Waals surface area contributed by atoms with Gasteiger partial charge in [-0.15, -0.1) is 0 Å². The number of carboxylic acid groups (broad SMARTS) is 2. The van der Waals surface area contributed by atoms with Crippen LogP contribution in [0.15, 0.2) is 0 Å². The minimum Gasteiger partial charge on any atom is -1.00 e. The van der Waals surface area contributed by atoms with Crippen LogP contribution in [-0.2, 0) is 30.7 Å². The zero-order valence-corrected chi connectivity index (χ0v) is 15.5. The Kier molecular flexibility index (Phi) is 22.8. The van der Waals surface area contributed by atoms with Gasteiger partial charge in [0.15, 0.2) is 0 Å². The number of hydrogen-bond donors (Lipinski definition) is 2. The maximum atomic E-state index is 9.83. The summed E-state index contributed by atoms with van der Waals surface area (Å²) in [6.45, 7) is -0.790. The van der Waals surface area contributed by atoms with E-state index in [9.17, 15) is 19.8 Å². The van der Waals surface area contributed by atoms with Crippen molar-refractivity contribution < 1.29 is 65.7 Å². The summed E-state index contributed by atoms with van der Waals surface area (Å²) in [6.07, 6.45) is 4.80. The second-order valence-corrected chi connectivity index (χ2v) is 4.53. The topological polar surface area (TPSA) is 136 Å². The van der Waals surface area contributed by atoms with Gasteiger partial charge in [0, 0.05) is 25.2 Å². The molecule has 10 heteroatoms. The minimum atomic E-state index is -1.30. The molecular formula is C11H21Cl2N3O4Pt. The third kappa shape index (κ3) is 18.0. The van der Waals surface area contributed by atoms with Gasteiger partial charge < -0.3 is 56.1 Å². The Morgan fingerprint density at radius 3 is 1.48 bits per heavy atom. The fourth-order valence-electron chi connectivity index (χ4n) is 1.68. The van der Waals surface area contributed by atoms with Crippen molar-refractivity contribution in [3.05, 3.63) is 0 Å². The van der Waals surface area contributed by atoms with Gasteiger partial charge in [-0.05, 0) is 19.9 Å². The number of nitrogens with zero attached hydrogens (tertiary/aromatic N) is 1. The fraction of sp³-hybridized carbons (Fsp3) is 0.818. The van der Waals surface area contributed by atoms with Crippen molar-refractivity contribution in [3.8, 4) is 0 Å². The van der Waals surface area contributed by atoms with E-state index in [1.807, 2.05) is 0 Å². The maximum Gasteiger partial charge on any atom is 4.00 e. The summed E-state index contributed by atoms with van der Waals surface area (Å²) in [5.74, 6) is -2.60. The van der Waals surface area contributed by atoms with Crippen molar-refractivity contribution in [3.63, 3.8) is 0 Å². The SMILES string of the molecule is CN(CC(=O)[O-])CC(=O)[O-].NC1CCCCC1N.[Cl-].[Cl-].[Pt+4]. The Labute approximate surface area is 151 Å². The number of halogens is 2. The van der Waals surface area contributed by atoms with Crippen LogP contribution in [0.5, 0.6) is 0 Å². The molecule has 1 aliphatic rings. The predicted octanol–water partition coefficient (Wildman–Crippen LogP) is -9.36. The molecule has 21 heavy (non-hydrogen) atoms. The molecule has 0 bridgehead atoms. The molecule has 1 rings (SSSR count). The number of carbonyl (C=O) groups is 2. The van der Waals surface area contributed by atoms with E-state index in [0.29, 0.717) is 0 Å². The summed E-state index contributed by atoms with van der Waals surface area (Å²) >= 11 is 0. The van der Waals surface area contributed by atoms with Crippen LogP contribution in [0.1, 0.15) is 25.7 Å². The molecule has 7 nitrogen and oxygen atoms in total. The first kappa shape index (κ1) is 29.1. The second-order valence-electron chi connectivity index (χ2n) is 4.53. The van der Waals surface area contributed by atoms with Crippen LogP contribution in [0.2, 0.25) is 0 Å². The van der Waals surface area contributed by atoms with Crippen LogP contribution in [0.4, 0.5) is 0 Å². The number of carbonyl (C=O) groups excluding carboxylic acids is 2. The first-order valence-electron chi connectivity index (χ1n) is 5.92. The van der Waals surface area contributed by atoms with Crippen LogP contribution in [0.25, 0.3) is 0 Å². The summed E-state index contributed by atoms with van der Waals surface area (Å²) < 4.78 is 0. The van der Waals surface area contributed by atoms with E-state index in [-0.39, 0.29) is 58.0 Å². The van der Waals surface area contributed by atoms with Crippen molar-refractivity contribution in [2.45, 2.75) is 37.8 Å². The molecule has 1 saturated carbocycles. The monoisotopic (exact) mass is 524 g/mol. The number of carboxylic acids is 2. The van der Waals surface area contributed by atoms with E-state index in [0.717, 1.165) is 17.7 Å². The van der Waals surface area contributed by atoms with Gasteiger partial charge in [-0.25, -0.2) is 0 Å². The smallest absolute Gasteiger partial charge is 1.00 e. The maximum absolute atomic E-state index is 9.83. The Hall–Kier alpha value is 0.0883. The molecule has 1 fully saturated rings. The van der Waals surface area contributed by atoms with Gasteiger partial charge >= 0.3 is 21.1 Å². The molecule has 128 valence electrons. The second kappa shape index (κ2) is 16.5. The molecule has 0 radical (unpaired) electrons. The van der Waals surface area contributed by atoms with Crippen LogP contribution >= 0.6 is 0 Å². The molecule has 1 aliphatic carbocycles. The molecule has 4 N–H and O–H groups in total. The minimum absolute atomic E-state index is 0. The summed E-state index contributed by atoms with van der Waals surface area (Å²) in [6, 6.07) is 0.562. The Balaban J connectivity index is -0.000000122. The average molecular weight is 525 g/mol. The van der Waals surface area contributed by atoms with Crippen LogP contribution in [0, 0.1) is 0 Å². The third-order valence-electron chi connectivity index (χ3n) is 2.67. The molecule has 0 aliphatic heterocycles. The molecule has 2 atom stereocenters. The predicted molar refractivity (Wildman–Crippen MR) is 61.9 cm³/mol. The first-order chi connectivity index (χ1) is 8.32. The third-order valence-corrected chi connectivity index (χ3v) is 2.67. The van der Waals surface area contributed by atoms with Crippen LogP contribution in [0.3, 0.4) is 0 Å². The Morgan fingerprint density at radius 1 is 1.00 bits per heavy atom. The normalized spacial score (nSPS) is 19.8. The molecule has 0 heterocycles. The average Bonchev–Trinajstić information content (AvgIpc) is 2.21. The number of rotatable bonds is 4. The van der Waals surface area contributed by atoms with E-state index in [1.54, 1.807) is 0 Å². The quantitative estimate of drug-likeness (QED) is 0.372. The zero-order chi connectivity index (χ0) is 14.1. The van der Waals surface area contributed by atoms with Crippen molar-refractivity contribution >= 4 is 11.9 Å². The molecular weight excluding hydrogens is 504 g/mol. The fourth-order valence-corrected chi connectivity index (χ4v) is 1.68. The van der Waals surface area contributed by atoms with E-state index < -0.39 is 25.0 Å². The van der Waals surface area contributed by atoms with Crippen molar-refractivity contribution in [2.75, 3.05) is 20.1 Å². The number of likely N-dealkylation sites (N-methyl/N-ethyl adjacent to an activating group) is 1. The number of aliphatic carboxylic acids is 2. The van der Waals surface area contributed by atoms with Crippen LogP contribution < -0.4 is 46.5 Å². The van der Waals surface area contributed by atoms with Crippen molar-refractivity contribution in [1.82, 2.24) is 4.90 Å². The number of nitrogens with two attached hydrogens (primary N) is 2. The molecule has 0 spiro atoms. The summed E-state index contributed by atoms with van der Waals surface area (Å²) in [7, 11) is 1.35. The Morgan fingerprint density at radius 2 is 1.29 bits per heavy atom. The summed E-state index contributed by atoms with van der Waals surface area (Å²) in [4.78, 5) is 20.7. The largest absolute Gasteiger partial charge is 4.00 e. The van der Waals surface area contributed by atoms with Gasteiger partial charge in [0.2, 0.25) is 0 Å². The van der Waals surface area contributed by atoms with Gasteiger partial charge in [0.1, 0.15) is 0 Å². The molecule has 0 aromatic rings. The van der Waals surface area contributed by atoms with Crippen molar-refractivity contribution in [2.24, 2.45) is 11.5 Å². The van der Waals surface area contributed by atoms with E-state index >= 15 is 0 Å². The molecule has 0 aromatic carbocycles. The molecule has 0 saturated heterocycles. The van der Waals surface area contributed by atoms with Gasteiger partial charge in [0.05, 0.1) is 11.9 Å². The summed E-state index contributed by atoms with van der Waals surface area (Å²) in [5.41, 5.74) is 11.3. The Bertz CT molecular complexity index is 262. The standard InChI is InChI=1S/C6H14N2.C5H9NO4.2ClH.Pt/c7-5-3-1-2-4-6(5)8;1-6(2-4(7)8)3-5(9)10;;;/h5-6H,1-4,7-8H2;2-3H2,1H3,(H,7,8)(H,9,10);2*1H;/q;;;;+4/p-4. The van der Waals surface area contributed by atoms with E-state index in [1.165, 1.54) is 19.9 Å². The summed E-state index contributed by atoms with van der Waals surface area (Å²) in [5, 5.41) is 19.7. The van der Waals surface area contributed by atoms with Gasteiger partial charge in [-0.2, -0.15) is 0 Å². The zero-order valence-electron chi connectivity index (χ0n) is 11.7. The molecule has 0 amide bonds. The molecule has 2 unspecified atom stereocenters. The molecule has 0 aromatic heterocycles. The van der Waals surface area contributed by atoms with Crippen LogP contribution in [-0.4, -0.2) is 49.1 Å².